The Morgan fingerprint density at radius 1 is 1.23 bits per heavy atom. The molecule has 6 nitrogen and oxygen atoms in total. The number of hydrogen-bond acceptors (Lipinski definition) is 6. The lowest BCUT2D eigenvalue weighted by atomic mass is 10.1. The molecule has 1 aliphatic heterocycles. The number of aryl methyl sites for hydroxylation is 1. The highest BCUT2D eigenvalue weighted by Crippen LogP contribution is 2.32. The lowest BCUT2D eigenvalue weighted by Crippen LogP contribution is -2.36. The summed E-state index contributed by atoms with van der Waals surface area (Å²) in [4.78, 5) is 11.1. The van der Waals surface area contributed by atoms with E-state index < -0.39 is 0 Å². The van der Waals surface area contributed by atoms with Crippen LogP contribution in [0.4, 0.5) is 5.69 Å². The molecule has 4 heterocycles. The standard InChI is InChI=1S/C16H16N4O2/c1-11-15-16(22-19-11)14(20-5-7-21-8-6-20)9-13(18-15)12-3-2-4-17-10-12/h2-4,9-10H,5-8H2,1H3. The molecule has 0 radical (unpaired) electrons. The van der Waals surface area contributed by atoms with E-state index >= 15 is 0 Å². The molecule has 3 aromatic heterocycles. The van der Waals surface area contributed by atoms with E-state index in [-0.39, 0.29) is 0 Å². The third-order valence-corrected chi connectivity index (χ3v) is 3.88. The van der Waals surface area contributed by atoms with Crippen LogP contribution >= 0.6 is 0 Å². The molecule has 0 atom stereocenters. The second kappa shape index (κ2) is 5.38. The molecule has 1 saturated heterocycles. The van der Waals surface area contributed by atoms with Gasteiger partial charge in [0.2, 0.25) is 5.58 Å². The highest BCUT2D eigenvalue weighted by Gasteiger charge is 2.20. The van der Waals surface area contributed by atoms with Crippen LogP contribution in [0, 0.1) is 6.92 Å². The first-order valence-electron chi connectivity index (χ1n) is 7.33. The van der Waals surface area contributed by atoms with Crippen LogP contribution in [0.25, 0.3) is 22.4 Å². The highest BCUT2D eigenvalue weighted by molar-refractivity contribution is 5.90. The molecule has 4 rings (SSSR count). The molecule has 0 aliphatic carbocycles. The average Bonchev–Trinajstić information content (AvgIpc) is 2.97. The molecule has 0 N–H and O–H groups in total. The van der Waals surface area contributed by atoms with E-state index in [4.69, 9.17) is 14.2 Å². The van der Waals surface area contributed by atoms with Crippen molar-refractivity contribution >= 4 is 16.8 Å². The van der Waals surface area contributed by atoms with Crippen LogP contribution in [0.15, 0.2) is 35.1 Å². The first kappa shape index (κ1) is 13.2. The van der Waals surface area contributed by atoms with E-state index in [2.05, 4.69) is 21.1 Å². The lowest BCUT2D eigenvalue weighted by Gasteiger charge is -2.28. The molecule has 0 bridgehead atoms. The van der Waals surface area contributed by atoms with E-state index in [0.717, 1.165) is 60.0 Å². The van der Waals surface area contributed by atoms with Crippen molar-refractivity contribution in [2.45, 2.75) is 6.92 Å². The van der Waals surface area contributed by atoms with E-state index in [1.165, 1.54) is 0 Å². The summed E-state index contributed by atoms with van der Waals surface area (Å²) in [5.41, 5.74) is 5.24. The number of rotatable bonds is 2. The van der Waals surface area contributed by atoms with Crippen molar-refractivity contribution in [1.29, 1.82) is 0 Å². The van der Waals surface area contributed by atoms with Crippen LogP contribution in [-0.2, 0) is 4.74 Å². The highest BCUT2D eigenvalue weighted by atomic mass is 16.5. The second-order valence-corrected chi connectivity index (χ2v) is 5.31. The molecule has 0 saturated carbocycles. The summed E-state index contributed by atoms with van der Waals surface area (Å²) in [6.45, 7) is 5.03. The number of nitrogens with zero attached hydrogens (tertiary/aromatic N) is 4. The van der Waals surface area contributed by atoms with Gasteiger partial charge in [0.15, 0.2) is 0 Å². The van der Waals surface area contributed by atoms with Crippen LogP contribution < -0.4 is 4.90 Å². The van der Waals surface area contributed by atoms with Gasteiger partial charge < -0.3 is 14.2 Å². The van der Waals surface area contributed by atoms with Crippen LogP contribution in [0.1, 0.15) is 5.69 Å². The lowest BCUT2D eigenvalue weighted by molar-refractivity contribution is 0.122. The van der Waals surface area contributed by atoms with Crippen LogP contribution in [0.3, 0.4) is 0 Å². The first-order chi connectivity index (χ1) is 10.8. The Bertz CT molecular complexity index is 795. The van der Waals surface area contributed by atoms with Gasteiger partial charge in [-0.3, -0.25) is 4.98 Å². The van der Waals surface area contributed by atoms with Gasteiger partial charge >= 0.3 is 0 Å². The smallest absolute Gasteiger partial charge is 0.208 e. The molecule has 0 aromatic carbocycles. The predicted octanol–water partition coefficient (Wildman–Crippen LogP) is 2.43. The van der Waals surface area contributed by atoms with Gasteiger partial charge in [0, 0.05) is 31.0 Å². The fourth-order valence-electron chi connectivity index (χ4n) is 2.71. The third-order valence-electron chi connectivity index (χ3n) is 3.88. The van der Waals surface area contributed by atoms with Crippen LogP contribution in [0.5, 0.6) is 0 Å². The Morgan fingerprint density at radius 3 is 2.86 bits per heavy atom. The normalized spacial score (nSPS) is 15.4. The minimum atomic E-state index is 0.721. The van der Waals surface area contributed by atoms with Crippen LogP contribution in [0.2, 0.25) is 0 Å². The number of morpholine rings is 1. The second-order valence-electron chi connectivity index (χ2n) is 5.31. The molecule has 112 valence electrons. The molecule has 6 heteroatoms. The maximum absolute atomic E-state index is 5.51. The van der Waals surface area contributed by atoms with Crippen LogP contribution in [-0.4, -0.2) is 41.4 Å². The monoisotopic (exact) mass is 296 g/mol. The minimum Gasteiger partial charge on any atom is -0.378 e. The summed E-state index contributed by atoms with van der Waals surface area (Å²) < 4.78 is 11.0. The summed E-state index contributed by atoms with van der Waals surface area (Å²) in [6, 6.07) is 5.97. The zero-order valence-corrected chi connectivity index (χ0v) is 12.3. The fraction of sp³-hybridized carbons (Fsp3) is 0.312. The molecular formula is C16H16N4O2. The van der Waals surface area contributed by atoms with Gasteiger partial charge in [-0.25, -0.2) is 4.98 Å². The Morgan fingerprint density at radius 2 is 2.09 bits per heavy atom. The zero-order chi connectivity index (χ0) is 14.9. The Kier molecular flexibility index (Phi) is 3.23. The number of aromatic nitrogens is 3. The number of pyridine rings is 2. The van der Waals surface area contributed by atoms with Crippen molar-refractivity contribution in [3.05, 3.63) is 36.3 Å². The van der Waals surface area contributed by atoms with Gasteiger partial charge in [-0.2, -0.15) is 0 Å². The van der Waals surface area contributed by atoms with Gasteiger partial charge in [-0.15, -0.1) is 0 Å². The topological polar surface area (TPSA) is 64.3 Å². The van der Waals surface area contributed by atoms with Gasteiger partial charge in [0.25, 0.3) is 0 Å². The molecule has 3 aromatic rings. The third kappa shape index (κ3) is 2.21. The maximum atomic E-state index is 5.51. The van der Waals surface area contributed by atoms with E-state index in [1.807, 2.05) is 25.3 Å². The van der Waals surface area contributed by atoms with E-state index in [9.17, 15) is 0 Å². The van der Waals surface area contributed by atoms with Crippen molar-refractivity contribution in [2.24, 2.45) is 0 Å². The molecule has 1 fully saturated rings. The van der Waals surface area contributed by atoms with Gasteiger partial charge in [-0.1, -0.05) is 5.16 Å². The van der Waals surface area contributed by atoms with Crippen molar-refractivity contribution in [1.82, 2.24) is 15.1 Å². The molecule has 1 aliphatic rings. The van der Waals surface area contributed by atoms with Crippen molar-refractivity contribution in [3.63, 3.8) is 0 Å². The largest absolute Gasteiger partial charge is 0.378 e. The predicted molar refractivity (Wildman–Crippen MR) is 82.8 cm³/mol. The number of anilines is 1. The molecule has 0 spiro atoms. The zero-order valence-electron chi connectivity index (χ0n) is 12.3. The molecule has 0 unspecified atom stereocenters. The van der Waals surface area contributed by atoms with E-state index in [1.54, 1.807) is 6.20 Å². The Balaban J connectivity index is 1.90. The van der Waals surface area contributed by atoms with Gasteiger partial charge in [-0.05, 0) is 25.1 Å². The van der Waals surface area contributed by atoms with E-state index in [0.29, 0.717) is 0 Å². The quantitative estimate of drug-likeness (QED) is 0.723. The molecule has 0 amide bonds. The summed E-state index contributed by atoms with van der Waals surface area (Å²) in [5, 5.41) is 4.07. The maximum Gasteiger partial charge on any atom is 0.208 e. The Labute approximate surface area is 127 Å². The average molecular weight is 296 g/mol. The number of hydrogen-bond donors (Lipinski definition) is 0. The van der Waals surface area contributed by atoms with Crippen molar-refractivity contribution < 1.29 is 9.26 Å². The summed E-state index contributed by atoms with van der Waals surface area (Å²) in [5.74, 6) is 0. The summed E-state index contributed by atoms with van der Waals surface area (Å²) in [6.07, 6.45) is 3.58. The summed E-state index contributed by atoms with van der Waals surface area (Å²) in [7, 11) is 0. The van der Waals surface area contributed by atoms with Gasteiger partial charge in [0.1, 0.15) is 11.2 Å². The number of ether oxygens (including phenoxy) is 1. The van der Waals surface area contributed by atoms with Crippen molar-refractivity contribution in [3.8, 4) is 11.3 Å². The molecule has 22 heavy (non-hydrogen) atoms. The Hall–Kier alpha value is -2.47. The fourth-order valence-corrected chi connectivity index (χ4v) is 2.71. The molecular weight excluding hydrogens is 280 g/mol. The SMILES string of the molecule is Cc1noc2c(N3CCOCC3)cc(-c3cccnc3)nc12. The van der Waals surface area contributed by atoms with Gasteiger partial charge in [0.05, 0.1) is 24.6 Å². The summed E-state index contributed by atoms with van der Waals surface area (Å²) >= 11 is 0. The minimum absolute atomic E-state index is 0.721. The number of fused-ring (bicyclic) bond motifs is 1. The van der Waals surface area contributed by atoms with Crippen molar-refractivity contribution in [2.75, 3.05) is 31.2 Å². The first-order valence-corrected chi connectivity index (χ1v) is 7.33.